The third-order valence-corrected chi connectivity index (χ3v) is 3.85. The minimum absolute atomic E-state index is 0.0661. The molecule has 1 heterocycles. The molecule has 0 unspecified atom stereocenters. The van der Waals surface area contributed by atoms with E-state index in [1.54, 1.807) is 0 Å². The van der Waals surface area contributed by atoms with Crippen LogP contribution in [-0.2, 0) is 0 Å². The Morgan fingerprint density at radius 3 is 2.39 bits per heavy atom. The van der Waals surface area contributed by atoms with Gasteiger partial charge in [-0.15, -0.1) is 4.37 Å². The van der Waals surface area contributed by atoms with Crippen LogP contribution >= 0.6 is 55.2 Å². The molecule has 0 spiro atoms. The van der Waals surface area contributed by atoms with Crippen molar-refractivity contribution in [2.75, 3.05) is 0 Å². The number of nitrogens with zero attached hydrogens (tertiary/aromatic N) is 3. The summed E-state index contributed by atoms with van der Waals surface area (Å²) < 4.78 is 13.9. The average molecular weight is 415 g/mol. The molecule has 0 fully saturated rings. The van der Waals surface area contributed by atoms with Crippen LogP contribution in [0.3, 0.4) is 0 Å². The van der Waals surface area contributed by atoms with Crippen molar-refractivity contribution >= 4 is 60.9 Å². The van der Waals surface area contributed by atoms with Crippen LogP contribution in [0.15, 0.2) is 21.1 Å². The number of hydrogen-bond acceptors (Lipinski definition) is 6. The lowest BCUT2D eigenvalue weighted by Gasteiger charge is -2.07. The molecule has 0 amide bonds. The zero-order chi connectivity index (χ0) is 13.3. The molecule has 10 heteroatoms. The van der Waals surface area contributed by atoms with Crippen molar-refractivity contribution in [3.05, 3.63) is 36.3 Å². The Morgan fingerprint density at radius 2 is 1.94 bits per heavy atom. The maximum atomic E-state index is 10.7. The second-order valence-corrected chi connectivity index (χ2v) is 5.55. The van der Waals surface area contributed by atoms with E-state index in [-0.39, 0.29) is 16.7 Å². The summed E-state index contributed by atoms with van der Waals surface area (Å²) in [4.78, 5) is 10.2. The Hall–Kier alpha value is -0.770. The molecule has 1 aromatic carbocycles. The summed E-state index contributed by atoms with van der Waals surface area (Å²) in [5, 5.41) is 10.8. The number of nitro benzene ring substituents is 1. The van der Waals surface area contributed by atoms with Crippen LogP contribution in [0, 0.1) is 10.1 Å². The predicted molar refractivity (Wildman–Crippen MR) is 73.5 cm³/mol. The van der Waals surface area contributed by atoms with Gasteiger partial charge in [0.25, 0.3) is 11.6 Å². The van der Waals surface area contributed by atoms with Gasteiger partial charge in [-0.2, -0.15) is 4.37 Å². The third kappa shape index (κ3) is 2.79. The zero-order valence-electron chi connectivity index (χ0n) is 8.26. The molecule has 0 aliphatic carbocycles. The van der Waals surface area contributed by atoms with Crippen molar-refractivity contribution in [2.24, 2.45) is 0 Å². The largest absolute Gasteiger partial charge is 0.433 e. The Labute approximate surface area is 127 Å². The van der Waals surface area contributed by atoms with Crippen molar-refractivity contribution in [1.29, 1.82) is 0 Å². The molecule has 0 aliphatic rings. The van der Waals surface area contributed by atoms with Gasteiger partial charge in [-0.25, -0.2) is 0 Å². The minimum atomic E-state index is -0.503. The number of non-ortho nitro benzene ring substituents is 1. The SMILES string of the molecule is O=[N+]([O-])c1cc(Br)c(Oc2nsnc2Cl)c(Br)c1. The number of rotatable bonds is 3. The summed E-state index contributed by atoms with van der Waals surface area (Å²) in [6, 6.07) is 2.65. The molecule has 6 nitrogen and oxygen atoms in total. The fraction of sp³-hybridized carbons (Fsp3) is 0. The van der Waals surface area contributed by atoms with Gasteiger partial charge < -0.3 is 4.74 Å². The Bertz CT molecular complexity index is 598. The highest BCUT2D eigenvalue weighted by molar-refractivity contribution is 9.11. The minimum Gasteiger partial charge on any atom is -0.433 e. The van der Waals surface area contributed by atoms with Crippen molar-refractivity contribution in [2.45, 2.75) is 0 Å². The Balaban J connectivity index is 2.40. The van der Waals surface area contributed by atoms with Crippen LogP contribution in [0.4, 0.5) is 5.69 Å². The average Bonchev–Trinajstić information content (AvgIpc) is 2.69. The van der Waals surface area contributed by atoms with E-state index in [9.17, 15) is 10.1 Å². The summed E-state index contributed by atoms with van der Waals surface area (Å²) in [5.41, 5.74) is -0.0661. The van der Waals surface area contributed by atoms with Gasteiger partial charge in [-0.3, -0.25) is 10.1 Å². The molecule has 0 saturated carbocycles. The molecule has 94 valence electrons. The highest BCUT2D eigenvalue weighted by Crippen LogP contribution is 2.40. The summed E-state index contributed by atoms with van der Waals surface area (Å²) >= 11 is 13.0. The molecular weight excluding hydrogens is 413 g/mol. The maximum absolute atomic E-state index is 10.7. The van der Waals surface area contributed by atoms with Gasteiger partial charge in [0, 0.05) is 12.1 Å². The summed E-state index contributed by atoms with van der Waals surface area (Å²) in [6.45, 7) is 0. The first kappa shape index (κ1) is 13.7. The van der Waals surface area contributed by atoms with Gasteiger partial charge in [0.05, 0.1) is 25.6 Å². The van der Waals surface area contributed by atoms with Crippen LogP contribution in [-0.4, -0.2) is 13.7 Å². The van der Waals surface area contributed by atoms with Gasteiger partial charge in [-0.1, -0.05) is 11.6 Å². The molecule has 2 aromatic rings. The van der Waals surface area contributed by atoms with E-state index in [0.717, 1.165) is 11.7 Å². The molecule has 18 heavy (non-hydrogen) atoms. The van der Waals surface area contributed by atoms with E-state index in [0.29, 0.717) is 14.7 Å². The van der Waals surface area contributed by atoms with Crippen molar-refractivity contribution < 1.29 is 9.66 Å². The Morgan fingerprint density at radius 1 is 1.33 bits per heavy atom. The highest BCUT2D eigenvalue weighted by Gasteiger charge is 2.18. The molecule has 0 N–H and O–H groups in total. The molecule has 0 atom stereocenters. The number of halogens is 3. The maximum Gasteiger partial charge on any atom is 0.271 e. The van der Waals surface area contributed by atoms with Crippen LogP contribution in [0.2, 0.25) is 5.15 Å². The standard InChI is InChI=1S/C8H2Br2ClN3O3S/c9-4-1-3(14(15)16)2-5(10)6(4)17-8-7(11)12-18-13-8/h1-2H. The fourth-order valence-corrected chi connectivity index (χ4v) is 3.01. The van der Waals surface area contributed by atoms with Crippen LogP contribution in [0.25, 0.3) is 0 Å². The smallest absolute Gasteiger partial charge is 0.271 e. The van der Waals surface area contributed by atoms with Crippen molar-refractivity contribution in [1.82, 2.24) is 8.75 Å². The monoisotopic (exact) mass is 413 g/mol. The van der Waals surface area contributed by atoms with E-state index in [1.807, 2.05) is 0 Å². The fourth-order valence-electron chi connectivity index (χ4n) is 1.08. The molecule has 0 saturated heterocycles. The number of ether oxygens (including phenoxy) is 1. The molecule has 2 rings (SSSR count). The molecule has 0 radical (unpaired) electrons. The number of hydrogen-bond donors (Lipinski definition) is 0. The third-order valence-electron chi connectivity index (χ3n) is 1.81. The number of aromatic nitrogens is 2. The van der Waals surface area contributed by atoms with E-state index in [1.165, 1.54) is 12.1 Å². The molecule has 1 aromatic heterocycles. The first-order valence-electron chi connectivity index (χ1n) is 4.28. The summed E-state index contributed by atoms with van der Waals surface area (Å²) in [5.74, 6) is 0.493. The van der Waals surface area contributed by atoms with E-state index in [4.69, 9.17) is 16.3 Å². The number of benzene rings is 1. The van der Waals surface area contributed by atoms with Gasteiger partial charge in [0.2, 0.25) is 5.15 Å². The lowest BCUT2D eigenvalue weighted by atomic mass is 10.3. The topological polar surface area (TPSA) is 78.2 Å². The summed E-state index contributed by atoms with van der Waals surface area (Å²) in [6.07, 6.45) is 0. The quantitative estimate of drug-likeness (QED) is 0.548. The van der Waals surface area contributed by atoms with Gasteiger partial charge >= 0.3 is 0 Å². The molecular formula is C8H2Br2ClN3O3S. The van der Waals surface area contributed by atoms with Crippen molar-refractivity contribution in [3.8, 4) is 11.6 Å². The normalized spacial score (nSPS) is 10.4. The predicted octanol–water partition coefficient (Wildman–Crippen LogP) is 4.42. The second kappa shape index (κ2) is 5.47. The first-order chi connectivity index (χ1) is 8.49. The zero-order valence-corrected chi connectivity index (χ0v) is 13.0. The van der Waals surface area contributed by atoms with E-state index in [2.05, 4.69) is 40.6 Å². The van der Waals surface area contributed by atoms with Crippen LogP contribution < -0.4 is 4.74 Å². The van der Waals surface area contributed by atoms with Crippen molar-refractivity contribution in [3.63, 3.8) is 0 Å². The lowest BCUT2D eigenvalue weighted by Crippen LogP contribution is -1.92. The van der Waals surface area contributed by atoms with E-state index < -0.39 is 4.92 Å². The first-order valence-corrected chi connectivity index (χ1v) is 6.98. The van der Waals surface area contributed by atoms with Gasteiger partial charge in [0.15, 0.2) is 5.75 Å². The second-order valence-electron chi connectivity index (χ2n) is 2.96. The van der Waals surface area contributed by atoms with Crippen LogP contribution in [0.1, 0.15) is 0 Å². The summed E-state index contributed by atoms with van der Waals surface area (Å²) in [7, 11) is 0. The van der Waals surface area contributed by atoms with Crippen LogP contribution in [0.5, 0.6) is 11.6 Å². The Kier molecular flexibility index (Phi) is 4.15. The number of nitro groups is 1. The molecule has 0 aliphatic heterocycles. The van der Waals surface area contributed by atoms with Gasteiger partial charge in [-0.05, 0) is 31.9 Å². The highest BCUT2D eigenvalue weighted by atomic mass is 79.9. The van der Waals surface area contributed by atoms with Gasteiger partial charge in [0.1, 0.15) is 0 Å². The lowest BCUT2D eigenvalue weighted by molar-refractivity contribution is -0.385. The molecule has 0 bridgehead atoms. The van der Waals surface area contributed by atoms with E-state index >= 15 is 0 Å².